The predicted octanol–water partition coefficient (Wildman–Crippen LogP) is 3.36. The summed E-state index contributed by atoms with van der Waals surface area (Å²) in [5.74, 6) is 0.819. The molecule has 132 valence electrons. The number of carbonyl (C=O) groups is 1. The number of ether oxygens (including phenoxy) is 1. The number of hydrogen-bond donors (Lipinski definition) is 3. The van der Waals surface area contributed by atoms with Crippen molar-refractivity contribution in [3.8, 4) is 5.75 Å². The summed E-state index contributed by atoms with van der Waals surface area (Å²) in [6.07, 6.45) is 4.78. The van der Waals surface area contributed by atoms with Crippen molar-refractivity contribution in [3.63, 3.8) is 0 Å². The van der Waals surface area contributed by atoms with E-state index in [1.165, 1.54) is 12.6 Å². The SMILES string of the molecule is CCCCCOc1ccc(NC(=S)NC(=O)c2ccc(N)nc2)cc1. The van der Waals surface area contributed by atoms with Crippen LogP contribution in [0.4, 0.5) is 11.5 Å². The van der Waals surface area contributed by atoms with Crippen LogP contribution in [0.15, 0.2) is 42.6 Å². The lowest BCUT2D eigenvalue weighted by atomic mass is 10.2. The Kier molecular flexibility index (Phi) is 7.16. The van der Waals surface area contributed by atoms with Crippen LogP contribution in [0.1, 0.15) is 36.5 Å². The molecule has 0 saturated carbocycles. The van der Waals surface area contributed by atoms with Gasteiger partial charge in [-0.2, -0.15) is 0 Å². The Bertz CT molecular complexity index is 702. The molecule has 2 rings (SSSR count). The van der Waals surface area contributed by atoms with Gasteiger partial charge in [-0.1, -0.05) is 19.8 Å². The number of carbonyl (C=O) groups excluding carboxylic acids is 1. The van der Waals surface area contributed by atoms with Gasteiger partial charge in [-0.05, 0) is 55.0 Å². The van der Waals surface area contributed by atoms with E-state index in [-0.39, 0.29) is 11.0 Å². The number of nitrogens with two attached hydrogens (primary N) is 1. The molecule has 0 unspecified atom stereocenters. The summed E-state index contributed by atoms with van der Waals surface area (Å²) in [7, 11) is 0. The highest BCUT2D eigenvalue weighted by atomic mass is 32.1. The summed E-state index contributed by atoms with van der Waals surface area (Å²) in [6, 6.07) is 10.6. The molecule has 0 fully saturated rings. The van der Waals surface area contributed by atoms with Gasteiger partial charge in [0.25, 0.3) is 5.91 Å². The number of hydrogen-bond acceptors (Lipinski definition) is 5. The van der Waals surface area contributed by atoms with Crippen LogP contribution < -0.4 is 21.1 Å². The first-order valence-electron chi connectivity index (χ1n) is 8.15. The van der Waals surface area contributed by atoms with Crippen LogP contribution in [-0.4, -0.2) is 22.6 Å². The molecule has 6 nitrogen and oxygen atoms in total. The molecule has 4 N–H and O–H groups in total. The van der Waals surface area contributed by atoms with E-state index in [0.717, 1.165) is 24.3 Å². The molecule has 0 aliphatic rings. The molecule has 0 spiro atoms. The molecule has 1 amide bonds. The highest BCUT2D eigenvalue weighted by Crippen LogP contribution is 2.16. The normalized spacial score (nSPS) is 10.1. The Hall–Kier alpha value is -2.67. The zero-order valence-corrected chi connectivity index (χ0v) is 14.9. The van der Waals surface area contributed by atoms with Gasteiger partial charge in [0.05, 0.1) is 12.2 Å². The molecule has 2 aromatic rings. The van der Waals surface area contributed by atoms with Crippen molar-refractivity contribution >= 4 is 34.7 Å². The highest BCUT2D eigenvalue weighted by Gasteiger charge is 2.08. The first-order valence-corrected chi connectivity index (χ1v) is 8.56. The van der Waals surface area contributed by atoms with Crippen molar-refractivity contribution in [2.45, 2.75) is 26.2 Å². The average molecular weight is 358 g/mol. The Morgan fingerprint density at radius 1 is 1.20 bits per heavy atom. The van der Waals surface area contributed by atoms with Crippen LogP contribution in [-0.2, 0) is 0 Å². The van der Waals surface area contributed by atoms with Gasteiger partial charge in [0.1, 0.15) is 11.6 Å². The second-order valence-electron chi connectivity index (χ2n) is 5.46. The first kappa shape index (κ1) is 18.7. The van der Waals surface area contributed by atoms with E-state index < -0.39 is 0 Å². The summed E-state index contributed by atoms with van der Waals surface area (Å²) in [5, 5.41) is 5.76. The Labute approximate surface area is 152 Å². The van der Waals surface area contributed by atoms with Crippen molar-refractivity contribution in [2.75, 3.05) is 17.7 Å². The topological polar surface area (TPSA) is 89.3 Å². The lowest BCUT2D eigenvalue weighted by Crippen LogP contribution is -2.34. The van der Waals surface area contributed by atoms with Gasteiger partial charge in [0.2, 0.25) is 0 Å². The number of amides is 1. The molecule has 0 saturated heterocycles. The van der Waals surface area contributed by atoms with Crippen molar-refractivity contribution in [1.82, 2.24) is 10.3 Å². The predicted molar refractivity (Wildman–Crippen MR) is 104 cm³/mol. The van der Waals surface area contributed by atoms with E-state index in [1.807, 2.05) is 24.3 Å². The summed E-state index contributed by atoms with van der Waals surface area (Å²) < 4.78 is 5.65. The molecule has 1 aromatic carbocycles. The number of anilines is 2. The quantitative estimate of drug-likeness (QED) is 0.519. The molecule has 0 aliphatic carbocycles. The zero-order chi connectivity index (χ0) is 18.1. The number of thiocarbonyl (C=S) groups is 1. The molecule has 0 radical (unpaired) electrons. The lowest BCUT2D eigenvalue weighted by Gasteiger charge is -2.11. The van der Waals surface area contributed by atoms with Crippen LogP contribution in [0.25, 0.3) is 0 Å². The number of benzene rings is 1. The van der Waals surface area contributed by atoms with Crippen molar-refractivity contribution in [3.05, 3.63) is 48.2 Å². The maximum Gasteiger partial charge on any atom is 0.258 e. The molecular weight excluding hydrogens is 336 g/mol. The third-order valence-corrected chi connectivity index (χ3v) is 3.61. The molecule has 1 heterocycles. The van der Waals surface area contributed by atoms with Crippen molar-refractivity contribution in [2.24, 2.45) is 0 Å². The fraction of sp³-hybridized carbons (Fsp3) is 0.278. The van der Waals surface area contributed by atoms with E-state index in [2.05, 4.69) is 22.5 Å². The smallest absolute Gasteiger partial charge is 0.258 e. The second kappa shape index (κ2) is 9.58. The summed E-state index contributed by atoms with van der Waals surface area (Å²) in [4.78, 5) is 15.9. The molecule has 7 heteroatoms. The van der Waals surface area contributed by atoms with Gasteiger partial charge in [-0.15, -0.1) is 0 Å². The van der Waals surface area contributed by atoms with Gasteiger partial charge in [-0.3, -0.25) is 10.1 Å². The third-order valence-electron chi connectivity index (χ3n) is 3.40. The van der Waals surface area contributed by atoms with E-state index in [4.69, 9.17) is 22.7 Å². The van der Waals surface area contributed by atoms with Crippen LogP contribution in [0, 0.1) is 0 Å². The van der Waals surface area contributed by atoms with Crippen LogP contribution in [0.2, 0.25) is 0 Å². The fourth-order valence-electron chi connectivity index (χ4n) is 2.05. The van der Waals surface area contributed by atoms with E-state index in [0.29, 0.717) is 18.0 Å². The molecular formula is C18H22N4O2S. The van der Waals surface area contributed by atoms with E-state index in [9.17, 15) is 4.79 Å². The molecule has 0 bridgehead atoms. The summed E-state index contributed by atoms with van der Waals surface area (Å²) in [6.45, 7) is 2.87. The molecule has 0 atom stereocenters. The standard InChI is InChI=1S/C18H22N4O2S/c1-2-3-4-11-24-15-8-6-14(7-9-15)21-18(25)22-17(23)13-5-10-16(19)20-12-13/h5-10,12H,2-4,11H2,1H3,(H2,19,20)(H2,21,22,23,25). The van der Waals surface area contributed by atoms with E-state index in [1.54, 1.807) is 12.1 Å². The minimum atomic E-state index is -0.346. The number of nitrogens with zero attached hydrogens (tertiary/aromatic N) is 1. The van der Waals surface area contributed by atoms with Gasteiger partial charge in [0, 0.05) is 11.9 Å². The largest absolute Gasteiger partial charge is 0.494 e. The second-order valence-corrected chi connectivity index (χ2v) is 5.87. The van der Waals surface area contributed by atoms with Crippen molar-refractivity contribution in [1.29, 1.82) is 0 Å². The lowest BCUT2D eigenvalue weighted by molar-refractivity contribution is 0.0977. The fourth-order valence-corrected chi connectivity index (χ4v) is 2.26. The third kappa shape index (κ3) is 6.39. The minimum Gasteiger partial charge on any atom is -0.494 e. The maximum absolute atomic E-state index is 12.0. The van der Waals surface area contributed by atoms with E-state index >= 15 is 0 Å². The van der Waals surface area contributed by atoms with Crippen molar-refractivity contribution < 1.29 is 9.53 Å². The molecule has 1 aromatic heterocycles. The van der Waals surface area contributed by atoms with Crippen LogP contribution in [0.3, 0.4) is 0 Å². The number of nitrogen functional groups attached to an aromatic ring is 1. The van der Waals surface area contributed by atoms with Gasteiger partial charge < -0.3 is 15.8 Å². The Morgan fingerprint density at radius 2 is 1.96 bits per heavy atom. The van der Waals surface area contributed by atoms with Gasteiger partial charge in [0.15, 0.2) is 5.11 Å². The Balaban J connectivity index is 1.81. The first-order chi connectivity index (χ1) is 12.1. The average Bonchev–Trinajstić information content (AvgIpc) is 2.60. The number of aromatic nitrogens is 1. The van der Waals surface area contributed by atoms with Crippen LogP contribution >= 0.6 is 12.2 Å². The molecule has 25 heavy (non-hydrogen) atoms. The van der Waals surface area contributed by atoms with Gasteiger partial charge >= 0.3 is 0 Å². The summed E-state index contributed by atoms with van der Waals surface area (Å²) in [5.41, 5.74) is 6.65. The summed E-state index contributed by atoms with van der Waals surface area (Å²) >= 11 is 5.15. The highest BCUT2D eigenvalue weighted by molar-refractivity contribution is 7.80. The number of pyridine rings is 1. The maximum atomic E-state index is 12.0. The minimum absolute atomic E-state index is 0.207. The number of unbranched alkanes of at least 4 members (excludes halogenated alkanes) is 2. The zero-order valence-electron chi connectivity index (χ0n) is 14.1. The molecule has 0 aliphatic heterocycles. The van der Waals surface area contributed by atoms with Gasteiger partial charge in [-0.25, -0.2) is 4.98 Å². The monoisotopic (exact) mass is 358 g/mol. The number of nitrogens with one attached hydrogen (secondary N) is 2. The van der Waals surface area contributed by atoms with Crippen LogP contribution in [0.5, 0.6) is 5.75 Å². The Morgan fingerprint density at radius 3 is 2.60 bits per heavy atom. The number of rotatable bonds is 7.